The summed E-state index contributed by atoms with van der Waals surface area (Å²) in [6.07, 6.45) is 1.65. The van der Waals surface area contributed by atoms with Crippen LogP contribution in [-0.2, 0) is 5.88 Å². The molecule has 1 aromatic carbocycles. The summed E-state index contributed by atoms with van der Waals surface area (Å²) in [5.41, 5.74) is 1.86. The van der Waals surface area contributed by atoms with Gasteiger partial charge in [-0.15, -0.1) is 16.7 Å². The van der Waals surface area contributed by atoms with Crippen molar-refractivity contribution in [2.45, 2.75) is 12.8 Å². The summed E-state index contributed by atoms with van der Waals surface area (Å²) in [4.78, 5) is 10.4. The first kappa shape index (κ1) is 11.5. The molecule has 0 atom stereocenters. The Morgan fingerprint density at radius 1 is 1.53 bits per heavy atom. The second kappa shape index (κ2) is 4.50. The van der Waals surface area contributed by atoms with E-state index in [0.29, 0.717) is 16.9 Å². The van der Waals surface area contributed by atoms with Gasteiger partial charge in [0, 0.05) is 6.07 Å². The number of alkyl halides is 1. The van der Waals surface area contributed by atoms with Gasteiger partial charge >= 0.3 is 0 Å². The molecule has 0 unspecified atom stereocenters. The van der Waals surface area contributed by atoms with Gasteiger partial charge in [-0.3, -0.25) is 10.1 Å². The molecule has 2 aromatic rings. The van der Waals surface area contributed by atoms with Crippen molar-refractivity contribution >= 4 is 17.3 Å². The molecular weight excluding hydrogens is 244 g/mol. The lowest BCUT2D eigenvalue weighted by Gasteiger charge is -2.04. The van der Waals surface area contributed by atoms with Crippen LogP contribution in [0.1, 0.15) is 11.3 Å². The fourth-order valence-electron chi connectivity index (χ4n) is 1.53. The SMILES string of the molecule is Cc1c(-n2cc(CCl)nn2)cccc1[N+](=O)[O-]. The van der Waals surface area contributed by atoms with E-state index < -0.39 is 4.92 Å². The Balaban J connectivity index is 2.52. The van der Waals surface area contributed by atoms with E-state index in [-0.39, 0.29) is 11.6 Å². The molecule has 17 heavy (non-hydrogen) atoms. The Hall–Kier alpha value is -1.95. The third kappa shape index (κ3) is 2.12. The minimum absolute atomic E-state index is 0.0606. The van der Waals surface area contributed by atoms with E-state index in [1.165, 1.54) is 10.7 Å². The highest BCUT2D eigenvalue weighted by molar-refractivity contribution is 6.16. The molecule has 88 valence electrons. The van der Waals surface area contributed by atoms with E-state index in [1.807, 2.05) is 0 Å². The lowest BCUT2D eigenvalue weighted by atomic mass is 10.1. The predicted molar refractivity (Wildman–Crippen MR) is 62.3 cm³/mol. The van der Waals surface area contributed by atoms with Crippen LogP contribution >= 0.6 is 11.6 Å². The summed E-state index contributed by atoms with van der Waals surface area (Å²) >= 11 is 5.63. The van der Waals surface area contributed by atoms with Gasteiger partial charge in [-0.1, -0.05) is 11.3 Å². The van der Waals surface area contributed by atoms with Crippen molar-refractivity contribution in [1.29, 1.82) is 0 Å². The molecule has 0 aliphatic heterocycles. The number of hydrogen-bond acceptors (Lipinski definition) is 4. The lowest BCUT2D eigenvalue weighted by molar-refractivity contribution is -0.385. The Kier molecular flexibility index (Phi) is 3.06. The third-order valence-electron chi connectivity index (χ3n) is 2.40. The molecule has 0 aliphatic rings. The molecule has 0 N–H and O–H groups in total. The Bertz CT molecular complexity index is 567. The van der Waals surface area contributed by atoms with Gasteiger partial charge < -0.3 is 0 Å². The maximum Gasteiger partial charge on any atom is 0.274 e. The summed E-state index contributed by atoms with van der Waals surface area (Å²) < 4.78 is 1.49. The summed E-state index contributed by atoms with van der Waals surface area (Å²) in [5.74, 6) is 0.258. The molecule has 6 nitrogen and oxygen atoms in total. The van der Waals surface area contributed by atoms with Gasteiger partial charge in [-0.25, -0.2) is 4.68 Å². The number of rotatable bonds is 3. The van der Waals surface area contributed by atoms with Crippen molar-refractivity contribution in [3.8, 4) is 5.69 Å². The minimum atomic E-state index is -0.418. The van der Waals surface area contributed by atoms with E-state index in [0.717, 1.165) is 0 Å². The average molecular weight is 253 g/mol. The number of aromatic nitrogens is 3. The van der Waals surface area contributed by atoms with Gasteiger partial charge in [-0.2, -0.15) is 0 Å². The van der Waals surface area contributed by atoms with E-state index >= 15 is 0 Å². The molecule has 0 fully saturated rings. The normalized spacial score (nSPS) is 10.5. The maximum absolute atomic E-state index is 10.8. The summed E-state index contributed by atoms with van der Waals surface area (Å²) in [6, 6.07) is 4.82. The van der Waals surface area contributed by atoms with Crippen LogP contribution in [-0.4, -0.2) is 19.9 Å². The molecule has 0 amide bonds. The zero-order valence-corrected chi connectivity index (χ0v) is 9.76. The Morgan fingerprint density at radius 3 is 2.88 bits per heavy atom. The Labute approximate surface area is 102 Å². The highest BCUT2D eigenvalue weighted by Crippen LogP contribution is 2.23. The minimum Gasteiger partial charge on any atom is -0.258 e. The van der Waals surface area contributed by atoms with Gasteiger partial charge in [0.15, 0.2) is 0 Å². The molecule has 0 bridgehead atoms. The molecule has 2 rings (SSSR count). The van der Waals surface area contributed by atoms with Crippen molar-refractivity contribution in [3.05, 3.63) is 45.8 Å². The van der Waals surface area contributed by atoms with Gasteiger partial charge in [0.2, 0.25) is 0 Å². The standard InChI is InChI=1S/C10H9ClN4O2/c1-7-9(3-2-4-10(7)15(16)17)14-6-8(5-11)12-13-14/h2-4,6H,5H2,1H3. The van der Waals surface area contributed by atoms with Crippen molar-refractivity contribution in [2.75, 3.05) is 0 Å². The van der Waals surface area contributed by atoms with Crippen LogP contribution in [0.15, 0.2) is 24.4 Å². The third-order valence-corrected chi connectivity index (χ3v) is 2.67. The zero-order valence-electron chi connectivity index (χ0n) is 9.00. The van der Waals surface area contributed by atoms with Crippen molar-refractivity contribution in [1.82, 2.24) is 15.0 Å². The molecule has 0 spiro atoms. The largest absolute Gasteiger partial charge is 0.274 e. The zero-order chi connectivity index (χ0) is 12.4. The van der Waals surface area contributed by atoms with Crippen LogP contribution in [0.5, 0.6) is 0 Å². The van der Waals surface area contributed by atoms with E-state index in [1.54, 1.807) is 25.3 Å². The average Bonchev–Trinajstić information content (AvgIpc) is 2.77. The summed E-state index contributed by atoms with van der Waals surface area (Å²) in [7, 11) is 0. The summed E-state index contributed by atoms with van der Waals surface area (Å²) in [6.45, 7) is 1.68. The molecule has 1 aromatic heterocycles. The van der Waals surface area contributed by atoms with Crippen LogP contribution in [0.2, 0.25) is 0 Å². The van der Waals surface area contributed by atoms with Gasteiger partial charge in [0.1, 0.15) is 0 Å². The lowest BCUT2D eigenvalue weighted by Crippen LogP contribution is -2.01. The smallest absolute Gasteiger partial charge is 0.258 e. The van der Waals surface area contributed by atoms with E-state index in [2.05, 4.69) is 10.3 Å². The first-order valence-electron chi connectivity index (χ1n) is 4.85. The number of benzene rings is 1. The number of halogens is 1. The highest BCUT2D eigenvalue weighted by atomic mass is 35.5. The van der Waals surface area contributed by atoms with Crippen LogP contribution in [0.25, 0.3) is 5.69 Å². The van der Waals surface area contributed by atoms with Gasteiger partial charge in [-0.05, 0) is 13.0 Å². The van der Waals surface area contributed by atoms with Crippen LogP contribution in [0.4, 0.5) is 5.69 Å². The molecular formula is C10H9ClN4O2. The Morgan fingerprint density at radius 2 is 2.29 bits per heavy atom. The number of nitro groups is 1. The monoisotopic (exact) mass is 252 g/mol. The van der Waals surface area contributed by atoms with Crippen molar-refractivity contribution < 1.29 is 4.92 Å². The highest BCUT2D eigenvalue weighted by Gasteiger charge is 2.15. The first-order chi connectivity index (χ1) is 8.13. The molecule has 0 aliphatic carbocycles. The van der Waals surface area contributed by atoms with E-state index in [4.69, 9.17) is 11.6 Å². The second-order valence-corrected chi connectivity index (χ2v) is 3.73. The van der Waals surface area contributed by atoms with Crippen LogP contribution in [0, 0.1) is 17.0 Å². The van der Waals surface area contributed by atoms with Gasteiger partial charge in [0.05, 0.1) is 33.9 Å². The topological polar surface area (TPSA) is 73.8 Å². The number of hydrogen-bond donors (Lipinski definition) is 0. The van der Waals surface area contributed by atoms with Crippen LogP contribution in [0.3, 0.4) is 0 Å². The fraction of sp³-hybridized carbons (Fsp3) is 0.200. The van der Waals surface area contributed by atoms with Crippen molar-refractivity contribution in [2.24, 2.45) is 0 Å². The van der Waals surface area contributed by atoms with Gasteiger partial charge in [0.25, 0.3) is 5.69 Å². The number of nitrogens with zero attached hydrogens (tertiary/aromatic N) is 4. The molecule has 0 saturated carbocycles. The fourth-order valence-corrected chi connectivity index (χ4v) is 1.66. The summed E-state index contributed by atoms with van der Waals surface area (Å²) in [5, 5.41) is 18.5. The molecule has 0 radical (unpaired) electrons. The van der Waals surface area contributed by atoms with E-state index in [9.17, 15) is 10.1 Å². The first-order valence-corrected chi connectivity index (χ1v) is 5.38. The predicted octanol–water partition coefficient (Wildman–Crippen LogP) is 2.22. The number of nitro benzene ring substituents is 1. The molecule has 7 heteroatoms. The van der Waals surface area contributed by atoms with Crippen LogP contribution < -0.4 is 0 Å². The quantitative estimate of drug-likeness (QED) is 0.477. The van der Waals surface area contributed by atoms with Crippen molar-refractivity contribution in [3.63, 3.8) is 0 Å². The molecule has 1 heterocycles. The maximum atomic E-state index is 10.8. The second-order valence-electron chi connectivity index (χ2n) is 3.47. The molecule has 0 saturated heterocycles.